The number of rotatable bonds is 5. The van der Waals surface area contributed by atoms with Crippen LogP contribution in [-0.2, 0) is 6.54 Å². The molecule has 0 unspecified atom stereocenters. The monoisotopic (exact) mass is 280 g/mol. The first-order valence-corrected chi connectivity index (χ1v) is 6.19. The molecule has 1 N–H and O–H groups in total. The van der Waals surface area contributed by atoms with E-state index in [0.717, 1.165) is 12.2 Å². The molecule has 0 aliphatic carbocycles. The Labute approximate surface area is 115 Å². The summed E-state index contributed by atoms with van der Waals surface area (Å²) in [6.07, 6.45) is 1.78. The van der Waals surface area contributed by atoms with Gasteiger partial charge in [0.2, 0.25) is 0 Å². The normalized spacial score (nSPS) is 10.6. The molecular weight excluding hydrogens is 268 g/mol. The van der Waals surface area contributed by atoms with Crippen LogP contribution in [0, 0.1) is 10.1 Å². The lowest BCUT2D eigenvalue weighted by Crippen LogP contribution is -2.12. The van der Waals surface area contributed by atoms with Crippen molar-refractivity contribution in [3.05, 3.63) is 51.3 Å². The van der Waals surface area contributed by atoms with Crippen LogP contribution in [0.1, 0.15) is 12.6 Å². The van der Waals surface area contributed by atoms with Crippen LogP contribution in [0.15, 0.2) is 30.5 Å². The minimum Gasteiger partial charge on any atom is -0.311 e. The van der Waals surface area contributed by atoms with Gasteiger partial charge < -0.3 is 5.32 Å². The molecule has 0 saturated heterocycles. The lowest BCUT2D eigenvalue weighted by atomic mass is 10.3. The van der Waals surface area contributed by atoms with Gasteiger partial charge in [0.15, 0.2) is 0 Å². The molecule has 1 aromatic carbocycles. The highest BCUT2D eigenvalue weighted by molar-refractivity contribution is 6.32. The third-order valence-electron chi connectivity index (χ3n) is 2.59. The van der Waals surface area contributed by atoms with Crippen molar-refractivity contribution in [2.75, 3.05) is 6.54 Å². The van der Waals surface area contributed by atoms with Crippen LogP contribution in [0.4, 0.5) is 5.69 Å². The number of hydrogen-bond donors (Lipinski definition) is 1. The molecule has 1 heterocycles. The first kappa shape index (κ1) is 13.5. The van der Waals surface area contributed by atoms with Gasteiger partial charge >= 0.3 is 0 Å². The molecule has 0 bridgehead atoms. The highest BCUT2D eigenvalue weighted by atomic mass is 35.5. The number of nitro groups is 1. The molecule has 19 heavy (non-hydrogen) atoms. The average Bonchev–Trinajstić information content (AvgIpc) is 2.84. The molecule has 1 aromatic heterocycles. The van der Waals surface area contributed by atoms with E-state index in [1.807, 2.05) is 13.0 Å². The maximum atomic E-state index is 10.6. The fourth-order valence-electron chi connectivity index (χ4n) is 1.64. The number of halogens is 1. The van der Waals surface area contributed by atoms with Crippen molar-refractivity contribution < 1.29 is 4.92 Å². The number of nitrogens with one attached hydrogen (secondary N) is 1. The van der Waals surface area contributed by atoms with Crippen LogP contribution < -0.4 is 5.32 Å². The first-order chi connectivity index (χ1) is 9.11. The van der Waals surface area contributed by atoms with Crippen molar-refractivity contribution in [2.45, 2.75) is 13.5 Å². The zero-order valence-corrected chi connectivity index (χ0v) is 11.1. The minimum absolute atomic E-state index is 0.0335. The molecule has 0 aliphatic rings. The molecule has 0 atom stereocenters. The van der Waals surface area contributed by atoms with Gasteiger partial charge in [-0.25, -0.2) is 4.68 Å². The Morgan fingerprint density at radius 1 is 1.47 bits per heavy atom. The molecule has 0 saturated carbocycles. The van der Waals surface area contributed by atoms with Gasteiger partial charge in [0.05, 0.1) is 21.3 Å². The van der Waals surface area contributed by atoms with Gasteiger partial charge in [0.1, 0.15) is 0 Å². The quantitative estimate of drug-likeness (QED) is 0.675. The summed E-state index contributed by atoms with van der Waals surface area (Å²) in [5.41, 5.74) is 1.47. The summed E-state index contributed by atoms with van der Waals surface area (Å²) in [6, 6.07) is 6.19. The summed E-state index contributed by atoms with van der Waals surface area (Å²) in [6.45, 7) is 3.56. The van der Waals surface area contributed by atoms with E-state index in [2.05, 4.69) is 10.4 Å². The predicted octanol–water partition coefficient (Wildman–Crippen LogP) is 2.54. The largest absolute Gasteiger partial charge is 0.311 e. The van der Waals surface area contributed by atoms with Gasteiger partial charge in [-0.3, -0.25) is 10.1 Å². The Morgan fingerprint density at radius 2 is 2.26 bits per heavy atom. The van der Waals surface area contributed by atoms with Crippen molar-refractivity contribution in [3.63, 3.8) is 0 Å². The summed E-state index contributed by atoms with van der Waals surface area (Å²) in [7, 11) is 0. The van der Waals surface area contributed by atoms with E-state index in [9.17, 15) is 10.1 Å². The fourth-order valence-corrected chi connectivity index (χ4v) is 1.90. The molecule has 0 amide bonds. The van der Waals surface area contributed by atoms with Crippen molar-refractivity contribution in [1.82, 2.24) is 15.1 Å². The van der Waals surface area contributed by atoms with Crippen molar-refractivity contribution in [2.24, 2.45) is 0 Å². The third-order valence-corrected chi connectivity index (χ3v) is 2.89. The van der Waals surface area contributed by atoms with Crippen molar-refractivity contribution in [3.8, 4) is 5.69 Å². The van der Waals surface area contributed by atoms with Crippen molar-refractivity contribution in [1.29, 1.82) is 0 Å². The lowest BCUT2D eigenvalue weighted by Gasteiger charge is -2.04. The average molecular weight is 281 g/mol. The van der Waals surface area contributed by atoms with E-state index in [-0.39, 0.29) is 5.69 Å². The second-order valence-corrected chi connectivity index (χ2v) is 4.33. The zero-order valence-electron chi connectivity index (χ0n) is 10.3. The molecule has 0 spiro atoms. The Hall–Kier alpha value is -1.92. The van der Waals surface area contributed by atoms with Gasteiger partial charge in [-0.15, -0.1) is 0 Å². The highest BCUT2D eigenvalue weighted by Crippen LogP contribution is 2.25. The molecule has 0 radical (unpaired) electrons. The minimum atomic E-state index is -0.477. The van der Waals surface area contributed by atoms with E-state index in [4.69, 9.17) is 11.6 Å². The number of hydrogen-bond acceptors (Lipinski definition) is 4. The Morgan fingerprint density at radius 3 is 2.89 bits per heavy atom. The molecular formula is C12H13ClN4O2. The smallest absolute Gasteiger partial charge is 0.271 e. The number of nitro benzene ring substituents is 1. The van der Waals surface area contributed by atoms with Crippen LogP contribution in [0.5, 0.6) is 0 Å². The summed E-state index contributed by atoms with van der Waals surface area (Å²) in [5.74, 6) is 0. The van der Waals surface area contributed by atoms with Crippen molar-refractivity contribution >= 4 is 17.3 Å². The van der Waals surface area contributed by atoms with Crippen LogP contribution >= 0.6 is 11.6 Å². The standard InChI is InChI=1S/C12H13ClN4O2/c1-2-14-8-9-5-6-16(15-9)12-4-3-10(17(18)19)7-11(12)13/h3-7,14H,2,8H2,1H3. The van der Waals surface area contributed by atoms with Crippen LogP contribution in [-0.4, -0.2) is 21.2 Å². The van der Waals surface area contributed by atoms with Crippen LogP contribution in [0.3, 0.4) is 0 Å². The van der Waals surface area contributed by atoms with Crippen LogP contribution in [0.2, 0.25) is 5.02 Å². The van der Waals surface area contributed by atoms with E-state index in [1.54, 1.807) is 16.9 Å². The highest BCUT2D eigenvalue weighted by Gasteiger charge is 2.11. The SMILES string of the molecule is CCNCc1ccn(-c2ccc([N+](=O)[O-])cc2Cl)n1. The topological polar surface area (TPSA) is 73.0 Å². The van der Waals surface area contributed by atoms with Gasteiger partial charge in [0, 0.05) is 24.9 Å². The van der Waals surface area contributed by atoms with Gasteiger partial charge in [-0.1, -0.05) is 18.5 Å². The van der Waals surface area contributed by atoms with Crippen LogP contribution in [0.25, 0.3) is 5.69 Å². The number of aromatic nitrogens is 2. The van der Waals surface area contributed by atoms with Gasteiger partial charge in [-0.05, 0) is 18.7 Å². The lowest BCUT2D eigenvalue weighted by molar-refractivity contribution is -0.384. The number of non-ortho nitro benzene ring substituents is 1. The molecule has 2 rings (SSSR count). The zero-order chi connectivity index (χ0) is 13.8. The molecule has 2 aromatic rings. The number of nitrogens with zero attached hydrogens (tertiary/aromatic N) is 3. The van der Waals surface area contributed by atoms with E-state index >= 15 is 0 Å². The second-order valence-electron chi connectivity index (χ2n) is 3.92. The maximum absolute atomic E-state index is 10.6. The Bertz CT molecular complexity index is 597. The number of benzene rings is 1. The van der Waals surface area contributed by atoms with Gasteiger partial charge in [0.25, 0.3) is 5.69 Å². The van der Waals surface area contributed by atoms with E-state index < -0.39 is 4.92 Å². The summed E-state index contributed by atoms with van der Waals surface area (Å²) in [5, 5.41) is 18.5. The summed E-state index contributed by atoms with van der Waals surface area (Å²) >= 11 is 6.04. The maximum Gasteiger partial charge on any atom is 0.271 e. The summed E-state index contributed by atoms with van der Waals surface area (Å²) in [4.78, 5) is 10.2. The Kier molecular flexibility index (Phi) is 4.13. The summed E-state index contributed by atoms with van der Waals surface area (Å²) < 4.78 is 1.61. The molecule has 0 fully saturated rings. The van der Waals surface area contributed by atoms with E-state index in [1.165, 1.54) is 12.1 Å². The van der Waals surface area contributed by atoms with Gasteiger partial charge in [-0.2, -0.15) is 5.10 Å². The Balaban J connectivity index is 2.26. The predicted molar refractivity (Wildman–Crippen MR) is 72.6 cm³/mol. The fraction of sp³-hybridized carbons (Fsp3) is 0.250. The molecule has 7 heteroatoms. The molecule has 100 valence electrons. The third kappa shape index (κ3) is 3.10. The second kappa shape index (κ2) is 5.81. The first-order valence-electron chi connectivity index (χ1n) is 5.81. The van der Waals surface area contributed by atoms with E-state index in [0.29, 0.717) is 17.3 Å². The molecule has 6 nitrogen and oxygen atoms in total. The molecule has 0 aliphatic heterocycles.